The molecule has 1 aliphatic carbocycles. The topological polar surface area (TPSA) is 82.6 Å². The Bertz CT molecular complexity index is 962. The molecule has 0 radical (unpaired) electrons. The van der Waals surface area contributed by atoms with Gasteiger partial charge >= 0.3 is 10.2 Å². The van der Waals surface area contributed by atoms with Gasteiger partial charge in [0.1, 0.15) is 0 Å². The molecule has 1 aromatic carbocycles. The second-order valence-corrected chi connectivity index (χ2v) is 7.94. The predicted octanol–water partition coefficient (Wildman–Crippen LogP) is 1.68. The number of nitrogens with one attached hydrogen (secondary N) is 1. The van der Waals surface area contributed by atoms with Crippen LogP contribution >= 0.6 is 0 Å². The highest BCUT2D eigenvalue weighted by Gasteiger charge is 2.47. The fourth-order valence-corrected chi connectivity index (χ4v) is 5.00. The molecule has 136 valence electrons. The molecule has 1 saturated carbocycles. The minimum atomic E-state index is -3.66. The average molecular weight is 376 g/mol. The number of hydrogen-bond donors (Lipinski definition) is 1. The first-order chi connectivity index (χ1) is 12.5. The van der Waals surface area contributed by atoms with E-state index in [0.717, 1.165) is 19.0 Å². The molecule has 0 saturated heterocycles. The highest BCUT2D eigenvalue weighted by Crippen LogP contribution is 2.46. The van der Waals surface area contributed by atoms with Gasteiger partial charge in [0.15, 0.2) is 5.82 Å². The van der Waals surface area contributed by atoms with Gasteiger partial charge in [-0.1, -0.05) is 12.1 Å². The van der Waals surface area contributed by atoms with Crippen LogP contribution in [0.2, 0.25) is 0 Å². The number of fused-ring (bicyclic) bond motifs is 1. The first kappa shape index (κ1) is 16.8. The summed E-state index contributed by atoms with van der Waals surface area (Å²) in [5, 5.41) is 2.56. The van der Waals surface area contributed by atoms with Crippen molar-refractivity contribution in [3.8, 4) is 0 Å². The monoisotopic (exact) mass is 376 g/mol. The number of para-hydroxylation sites is 2. The summed E-state index contributed by atoms with van der Waals surface area (Å²) in [7, 11) is -3.66. The third-order valence-electron chi connectivity index (χ3n) is 4.41. The number of carbonyl (C=O) groups excluding carboxylic acids is 1. The van der Waals surface area contributed by atoms with Crippen molar-refractivity contribution in [2.75, 3.05) is 21.7 Å². The maximum atomic E-state index is 13.6. The van der Waals surface area contributed by atoms with E-state index in [9.17, 15) is 17.6 Å². The van der Waals surface area contributed by atoms with Gasteiger partial charge in [0.25, 0.3) is 5.91 Å². The summed E-state index contributed by atoms with van der Waals surface area (Å²) in [6.07, 6.45) is 3.98. The van der Waals surface area contributed by atoms with Crippen molar-refractivity contribution in [1.29, 1.82) is 0 Å². The number of aromatic nitrogens is 1. The van der Waals surface area contributed by atoms with Gasteiger partial charge in [0, 0.05) is 18.8 Å². The summed E-state index contributed by atoms with van der Waals surface area (Å²) >= 11 is 0. The minimum absolute atomic E-state index is 0.00616. The molecule has 1 fully saturated rings. The summed E-state index contributed by atoms with van der Waals surface area (Å²) in [4.78, 5) is 15.7. The van der Waals surface area contributed by atoms with Crippen molar-refractivity contribution in [3.05, 3.63) is 54.1 Å². The van der Waals surface area contributed by atoms with Gasteiger partial charge < -0.3 is 5.32 Å². The Hall–Kier alpha value is -2.68. The lowest BCUT2D eigenvalue weighted by Crippen LogP contribution is -2.42. The molecule has 1 N–H and O–H groups in total. The van der Waals surface area contributed by atoms with Gasteiger partial charge in [0.2, 0.25) is 0 Å². The van der Waals surface area contributed by atoms with E-state index in [0.29, 0.717) is 11.4 Å². The first-order valence-electron chi connectivity index (χ1n) is 8.29. The lowest BCUT2D eigenvalue weighted by molar-refractivity contribution is 0.0950. The van der Waals surface area contributed by atoms with Gasteiger partial charge in [-0.3, -0.25) is 9.78 Å². The van der Waals surface area contributed by atoms with E-state index in [1.807, 2.05) is 0 Å². The van der Waals surface area contributed by atoms with Crippen LogP contribution in [0, 0.1) is 5.82 Å². The SMILES string of the molecule is O=C(NCCN1c2ccccc2N(C2CC2)S1(=O)=O)c1ccncc1F. The molecule has 0 bridgehead atoms. The Labute approximate surface area is 150 Å². The normalized spacial score (nSPS) is 17.9. The minimum Gasteiger partial charge on any atom is -0.350 e. The fourth-order valence-electron chi connectivity index (χ4n) is 3.07. The van der Waals surface area contributed by atoms with E-state index < -0.39 is 21.9 Å². The molecular formula is C17H17FN4O3S. The van der Waals surface area contributed by atoms with Crippen molar-refractivity contribution < 1.29 is 17.6 Å². The molecule has 2 aromatic rings. The van der Waals surface area contributed by atoms with Crippen LogP contribution in [0.5, 0.6) is 0 Å². The zero-order valence-electron chi connectivity index (χ0n) is 13.8. The molecule has 9 heteroatoms. The Morgan fingerprint density at radius 3 is 2.65 bits per heavy atom. The summed E-state index contributed by atoms with van der Waals surface area (Å²) in [5.74, 6) is -1.32. The van der Waals surface area contributed by atoms with Crippen LogP contribution in [-0.2, 0) is 10.2 Å². The number of amides is 1. The summed E-state index contributed by atoms with van der Waals surface area (Å²) < 4.78 is 42.2. The third-order valence-corrected chi connectivity index (χ3v) is 6.34. The van der Waals surface area contributed by atoms with Crippen molar-refractivity contribution in [3.63, 3.8) is 0 Å². The third kappa shape index (κ3) is 2.78. The van der Waals surface area contributed by atoms with Gasteiger partial charge in [-0.25, -0.2) is 13.0 Å². The Morgan fingerprint density at radius 2 is 1.96 bits per heavy atom. The standard InChI is InChI=1S/C17H17FN4O3S/c18-14-11-19-8-7-13(14)17(23)20-9-10-21-15-3-1-2-4-16(15)22(12-5-6-12)26(21,24)25/h1-4,7-8,11-12H,5-6,9-10H2,(H,20,23). The van der Waals surface area contributed by atoms with E-state index >= 15 is 0 Å². The molecule has 0 spiro atoms. The number of hydrogen-bond acceptors (Lipinski definition) is 4. The molecular weight excluding hydrogens is 359 g/mol. The van der Waals surface area contributed by atoms with Crippen LogP contribution in [0.25, 0.3) is 0 Å². The molecule has 2 heterocycles. The Balaban J connectivity index is 1.50. The van der Waals surface area contributed by atoms with Crippen LogP contribution in [0.1, 0.15) is 23.2 Å². The zero-order chi connectivity index (χ0) is 18.3. The van der Waals surface area contributed by atoms with Crippen molar-refractivity contribution in [2.24, 2.45) is 0 Å². The highest BCUT2D eigenvalue weighted by atomic mass is 32.2. The van der Waals surface area contributed by atoms with E-state index in [2.05, 4.69) is 10.3 Å². The molecule has 2 aliphatic rings. The Kier molecular flexibility index (Phi) is 4.03. The molecule has 1 aromatic heterocycles. The van der Waals surface area contributed by atoms with Crippen LogP contribution in [0.4, 0.5) is 15.8 Å². The number of nitrogens with zero attached hydrogens (tertiary/aromatic N) is 3. The quantitative estimate of drug-likeness (QED) is 0.861. The number of rotatable bonds is 5. The summed E-state index contributed by atoms with van der Waals surface area (Å²) in [6, 6.07) is 8.41. The fraction of sp³-hybridized carbons (Fsp3) is 0.294. The second-order valence-electron chi connectivity index (χ2n) is 6.21. The van der Waals surface area contributed by atoms with Crippen molar-refractivity contribution >= 4 is 27.5 Å². The van der Waals surface area contributed by atoms with Crippen LogP contribution in [-0.4, -0.2) is 38.4 Å². The number of carbonyl (C=O) groups is 1. The van der Waals surface area contributed by atoms with Gasteiger partial charge in [-0.2, -0.15) is 8.42 Å². The lowest BCUT2D eigenvalue weighted by Gasteiger charge is -2.21. The van der Waals surface area contributed by atoms with Crippen molar-refractivity contribution in [2.45, 2.75) is 18.9 Å². The van der Waals surface area contributed by atoms with E-state index in [4.69, 9.17) is 0 Å². The van der Waals surface area contributed by atoms with Gasteiger partial charge in [0.05, 0.1) is 29.7 Å². The predicted molar refractivity (Wildman–Crippen MR) is 94.7 cm³/mol. The van der Waals surface area contributed by atoms with E-state index in [1.165, 1.54) is 20.9 Å². The molecule has 1 amide bonds. The average Bonchev–Trinajstić information content (AvgIpc) is 3.41. The number of pyridine rings is 1. The van der Waals surface area contributed by atoms with Gasteiger partial charge in [-0.15, -0.1) is 0 Å². The largest absolute Gasteiger partial charge is 0.350 e. The number of halogens is 1. The zero-order valence-corrected chi connectivity index (χ0v) is 14.6. The maximum absolute atomic E-state index is 13.6. The molecule has 26 heavy (non-hydrogen) atoms. The van der Waals surface area contributed by atoms with E-state index in [1.54, 1.807) is 24.3 Å². The summed E-state index contributed by atoms with van der Waals surface area (Å²) in [5.41, 5.74) is 1.15. The second kappa shape index (κ2) is 6.24. The van der Waals surface area contributed by atoms with E-state index in [-0.39, 0.29) is 24.7 Å². The molecule has 1 aliphatic heterocycles. The van der Waals surface area contributed by atoms with Crippen LogP contribution in [0.15, 0.2) is 42.7 Å². The number of benzene rings is 1. The molecule has 7 nitrogen and oxygen atoms in total. The highest BCUT2D eigenvalue weighted by molar-refractivity contribution is 7.94. The molecule has 0 unspecified atom stereocenters. The summed E-state index contributed by atoms with van der Waals surface area (Å²) in [6.45, 7) is 0.133. The first-order valence-corrected chi connectivity index (χ1v) is 9.68. The van der Waals surface area contributed by atoms with Gasteiger partial charge in [-0.05, 0) is 31.0 Å². The molecule has 0 atom stereocenters. The molecule has 4 rings (SSSR count). The van der Waals surface area contributed by atoms with Crippen LogP contribution in [0.3, 0.4) is 0 Å². The van der Waals surface area contributed by atoms with Crippen molar-refractivity contribution in [1.82, 2.24) is 10.3 Å². The maximum Gasteiger partial charge on any atom is 0.326 e. The number of anilines is 2. The smallest absolute Gasteiger partial charge is 0.326 e. The Morgan fingerprint density at radius 1 is 1.23 bits per heavy atom. The lowest BCUT2D eigenvalue weighted by atomic mass is 10.2. The van der Waals surface area contributed by atoms with Crippen LogP contribution < -0.4 is 13.9 Å².